The highest BCUT2D eigenvalue weighted by Crippen LogP contribution is 2.40. The maximum atomic E-state index is 11.9. The second-order valence-electron chi connectivity index (χ2n) is 4.52. The molecule has 1 aliphatic rings. The summed E-state index contributed by atoms with van der Waals surface area (Å²) in [5.41, 5.74) is 0.769. The lowest BCUT2D eigenvalue weighted by Crippen LogP contribution is -2.25. The zero-order valence-corrected chi connectivity index (χ0v) is 13.2. The van der Waals surface area contributed by atoms with Crippen LogP contribution >= 0.6 is 15.9 Å². The number of carbonyl (C=O) groups excluding carboxylic acids is 1. The number of rotatable bonds is 5. The molecule has 0 fully saturated rings. The largest absolute Gasteiger partial charge is 0.454 e. The van der Waals surface area contributed by atoms with Gasteiger partial charge in [0, 0.05) is 6.54 Å². The van der Waals surface area contributed by atoms with Crippen LogP contribution in [0.4, 0.5) is 0 Å². The first-order valence-electron chi connectivity index (χ1n) is 6.65. The summed E-state index contributed by atoms with van der Waals surface area (Å²) in [6.45, 7) is 2.78. The minimum Gasteiger partial charge on any atom is -0.454 e. The van der Waals surface area contributed by atoms with Crippen molar-refractivity contribution in [3.05, 3.63) is 27.7 Å². The van der Waals surface area contributed by atoms with Crippen LogP contribution in [-0.4, -0.2) is 19.2 Å². The number of fused-ring (bicyclic) bond motifs is 1. The molecule has 21 heavy (non-hydrogen) atoms. The number of nitrogens with one attached hydrogen (secondary N) is 1. The van der Waals surface area contributed by atoms with Gasteiger partial charge in [-0.25, -0.2) is 0 Å². The predicted molar refractivity (Wildman–Crippen MR) is 81.8 cm³/mol. The SMILES string of the molecule is CCCCNC(=O)/C(C#N)=C/c1cc(Br)c2c(c1)OCO2. The average Bonchev–Trinajstić information content (AvgIpc) is 2.93. The molecule has 5 nitrogen and oxygen atoms in total. The second kappa shape index (κ2) is 7.14. The number of amides is 1. The van der Waals surface area contributed by atoms with E-state index in [2.05, 4.69) is 21.2 Å². The maximum absolute atomic E-state index is 11.9. The average molecular weight is 351 g/mol. The molecule has 0 spiro atoms. The van der Waals surface area contributed by atoms with E-state index in [0.717, 1.165) is 17.3 Å². The lowest BCUT2D eigenvalue weighted by Gasteiger charge is -2.04. The Balaban J connectivity index is 2.19. The van der Waals surface area contributed by atoms with Gasteiger partial charge in [0.05, 0.1) is 4.47 Å². The summed E-state index contributed by atoms with van der Waals surface area (Å²) in [6.07, 6.45) is 3.41. The molecule has 1 N–H and O–H groups in total. The third-order valence-corrected chi connectivity index (χ3v) is 3.53. The summed E-state index contributed by atoms with van der Waals surface area (Å²) < 4.78 is 11.3. The lowest BCUT2D eigenvalue weighted by molar-refractivity contribution is -0.117. The van der Waals surface area contributed by atoms with Crippen molar-refractivity contribution in [2.45, 2.75) is 19.8 Å². The van der Waals surface area contributed by atoms with E-state index in [1.54, 1.807) is 12.1 Å². The van der Waals surface area contributed by atoms with Crippen molar-refractivity contribution < 1.29 is 14.3 Å². The number of hydrogen-bond donors (Lipinski definition) is 1. The van der Waals surface area contributed by atoms with Crippen molar-refractivity contribution in [1.82, 2.24) is 5.32 Å². The van der Waals surface area contributed by atoms with Gasteiger partial charge in [0.25, 0.3) is 5.91 Å². The van der Waals surface area contributed by atoms with Gasteiger partial charge in [0.1, 0.15) is 11.6 Å². The zero-order valence-electron chi connectivity index (χ0n) is 11.6. The molecule has 0 saturated carbocycles. The van der Waals surface area contributed by atoms with Crippen LogP contribution in [0.5, 0.6) is 11.5 Å². The molecule has 0 aliphatic carbocycles. The monoisotopic (exact) mass is 350 g/mol. The number of nitriles is 1. The van der Waals surface area contributed by atoms with Crippen molar-refractivity contribution in [1.29, 1.82) is 5.26 Å². The molecule has 0 aromatic heterocycles. The van der Waals surface area contributed by atoms with E-state index in [4.69, 9.17) is 14.7 Å². The first-order valence-corrected chi connectivity index (χ1v) is 7.44. The van der Waals surface area contributed by atoms with Gasteiger partial charge in [-0.1, -0.05) is 13.3 Å². The molecule has 0 radical (unpaired) electrons. The quantitative estimate of drug-likeness (QED) is 0.503. The standard InChI is InChI=1S/C15H15BrN2O3/c1-2-3-4-18-15(19)11(8-17)5-10-6-12(16)14-13(7-10)20-9-21-14/h5-7H,2-4,9H2,1H3,(H,18,19)/b11-5+. The normalized spacial score (nSPS) is 12.9. The Bertz CT molecular complexity index is 620. The summed E-state index contributed by atoms with van der Waals surface area (Å²) in [6, 6.07) is 5.45. The Morgan fingerprint density at radius 1 is 1.52 bits per heavy atom. The second-order valence-corrected chi connectivity index (χ2v) is 5.37. The third-order valence-electron chi connectivity index (χ3n) is 2.94. The molecular weight excluding hydrogens is 336 g/mol. The highest BCUT2D eigenvalue weighted by molar-refractivity contribution is 9.10. The van der Waals surface area contributed by atoms with Crippen LogP contribution in [0.15, 0.2) is 22.2 Å². The highest BCUT2D eigenvalue weighted by Gasteiger charge is 2.18. The number of hydrogen-bond acceptors (Lipinski definition) is 4. The van der Waals surface area contributed by atoms with Crippen LogP contribution in [-0.2, 0) is 4.79 Å². The van der Waals surface area contributed by atoms with Crippen LogP contribution in [0.1, 0.15) is 25.3 Å². The summed E-state index contributed by atoms with van der Waals surface area (Å²) in [5, 5.41) is 11.9. The summed E-state index contributed by atoms with van der Waals surface area (Å²) in [7, 11) is 0. The van der Waals surface area contributed by atoms with Crippen molar-refractivity contribution >= 4 is 27.9 Å². The molecule has 0 bridgehead atoms. The van der Waals surface area contributed by atoms with Crippen LogP contribution in [0.25, 0.3) is 6.08 Å². The van der Waals surface area contributed by atoms with Gasteiger partial charge < -0.3 is 14.8 Å². The molecule has 110 valence electrons. The number of unbranched alkanes of at least 4 members (excludes halogenated alkanes) is 1. The molecular formula is C15H15BrN2O3. The molecule has 1 aliphatic heterocycles. The van der Waals surface area contributed by atoms with Gasteiger partial charge in [-0.2, -0.15) is 5.26 Å². The number of ether oxygens (including phenoxy) is 2. The summed E-state index contributed by atoms with van der Waals surface area (Å²) in [5.74, 6) is 0.872. The van der Waals surface area contributed by atoms with E-state index >= 15 is 0 Å². The van der Waals surface area contributed by atoms with E-state index in [9.17, 15) is 4.79 Å². The van der Waals surface area contributed by atoms with E-state index in [1.165, 1.54) is 6.08 Å². The van der Waals surface area contributed by atoms with Crippen molar-refractivity contribution in [2.75, 3.05) is 13.3 Å². The number of halogens is 1. The molecule has 0 atom stereocenters. The maximum Gasteiger partial charge on any atom is 0.261 e. The third kappa shape index (κ3) is 3.76. The van der Waals surface area contributed by atoms with Crippen molar-refractivity contribution in [2.24, 2.45) is 0 Å². The molecule has 0 saturated heterocycles. The summed E-state index contributed by atoms with van der Waals surface area (Å²) in [4.78, 5) is 11.9. The van der Waals surface area contributed by atoms with Crippen molar-refractivity contribution in [3.63, 3.8) is 0 Å². The van der Waals surface area contributed by atoms with E-state index in [1.807, 2.05) is 13.0 Å². The van der Waals surface area contributed by atoms with Gasteiger partial charge in [-0.05, 0) is 46.1 Å². The number of carbonyl (C=O) groups is 1. The minimum absolute atomic E-state index is 0.0665. The first kappa shape index (κ1) is 15.4. The molecule has 1 aromatic rings. The molecule has 6 heteroatoms. The van der Waals surface area contributed by atoms with E-state index in [-0.39, 0.29) is 18.3 Å². The lowest BCUT2D eigenvalue weighted by atomic mass is 10.1. The fourth-order valence-electron chi connectivity index (χ4n) is 1.86. The molecule has 0 unspecified atom stereocenters. The van der Waals surface area contributed by atoms with Gasteiger partial charge in [0.15, 0.2) is 11.5 Å². The molecule has 1 amide bonds. The highest BCUT2D eigenvalue weighted by atomic mass is 79.9. The van der Waals surface area contributed by atoms with Gasteiger partial charge >= 0.3 is 0 Å². The molecule has 1 heterocycles. The summed E-state index contributed by atoms with van der Waals surface area (Å²) >= 11 is 3.38. The Labute approximate surface area is 131 Å². The minimum atomic E-state index is -0.361. The first-order chi connectivity index (χ1) is 10.2. The van der Waals surface area contributed by atoms with Crippen LogP contribution < -0.4 is 14.8 Å². The van der Waals surface area contributed by atoms with Gasteiger partial charge in [0.2, 0.25) is 6.79 Å². The van der Waals surface area contributed by atoms with Crippen LogP contribution in [0.3, 0.4) is 0 Å². The zero-order chi connectivity index (χ0) is 15.2. The Morgan fingerprint density at radius 3 is 3.05 bits per heavy atom. The molecule has 2 rings (SSSR count). The van der Waals surface area contributed by atoms with Gasteiger partial charge in [-0.3, -0.25) is 4.79 Å². The predicted octanol–water partition coefficient (Wildman–Crippen LogP) is 3.00. The Kier molecular flexibility index (Phi) is 5.23. The van der Waals surface area contributed by atoms with Gasteiger partial charge in [-0.15, -0.1) is 0 Å². The fraction of sp³-hybridized carbons (Fsp3) is 0.333. The van der Waals surface area contributed by atoms with Crippen molar-refractivity contribution in [3.8, 4) is 17.6 Å². The number of nitrogens with zero attached hydrogens (tertiary/aromatic N) is 1. The van der Waals surface area contributed by atoms with E-state index in [0.29, 0.717) is 23.6 Å². The van der Waals surface area contributed by atoms with Crippen LogP contribution in [0.2, 0.25) is 0 Å². The smallest absolute Gasteiger partial charge is 0.261 e. The Morgan fingerprint density at radius 2 is 2.33 bits per heavy atom. The Hall–Kier alpha value is -2.00. The number of benzene rings is 1. The van der Waals surface area contributed by atoms with Crippen LogP contribution in [0, 0.1) is 11.3 Å². The molecule has 1 aromatic carbocycles. The fourth-order valence-corrected chi connectivity index (χ4v) is 2.43. The van der Waals surface area contributed by atoms with E-state index < -0.39 is 0 Å². The topological polar surface area (TPSA) is 71.4 Å².